The van der Waals surface area contributed by atoms with E-state index in [1.807, 2.05) is 25.1 Å². The van der Waals surface area contributed by atoms with Gasteiger partial charge < -0.3 is 10.9 Å². The van der Waals surface area contributed by atoms with E-state index in [1.54, 1.807) is 0 Å². The van der Waals surface area contributed by atoms with Gasteiger partial charge in [-0.15, -0.1) is 0 Å². The van der Waals surface area contributed by atoms with Crippen molar-refractivity contribution in [1.82, 2.24) is 6.15 Å². The molecule has 3 rings (SSSR count). The second-order valence-corrected chi connectivity index (χ2v) is 5.00. The Balaban J connectivity index is 0.00000161. The maximum Gasteiger partial charge on any atom is 0.416 e. The van der Waals surface area contributed by atoms with Crippen LogP contribution in [-0.2, 0) is 12.6 Å². The number of benzene rings is 2. The summed E-state index contributed by atoms with van der Waals surface area (Å²) in [6.45, 7) is 1.98. The summed E-state index contributed by atoms with van der Waals surface area (Å²) >= 11 is 0. The molecule has 3 N–H and O–H groups in total. The molecule has 1 aliphatic heterocycles. The maximum atomic E-state index is 12.6. The third kappa shape index (κ3) is 2.88. The molecule has 0 aromatic heterocycles. The summed E-state index contributed by atoms with van der Waals surface area (Å²) in [5.41, 5.74) is 2.06. The summed E-state index contributed by atoms with van der Waals surface area (Å²) in [6, 6.07) is 11.0. The van der Waals surface area contributed by atoms with Gasteiger partial charge in [0.05, 0.1) is 5.56 Å². The first-order valence-electron chi connectivity index (χ1n) is 6.41. The summed E-state index contributed by atoms with van der Waals surface area (Å²) in [7, 11) is 0. The van der Waals surface area contributed by atoms with Gasteiger partial charge in [-0.3, -0.25) is 0 Å². The summed E-state index contributed by atoms with van der Waals surface area (Å²) in [5.74, 6) is 0.791. The smallest absolute Gasteiger partial charge is 0.416 e. The monoisotopic (exact) mass is 295 g/mol. The minimum absolute atomic E-state index is 0. The number of rotatable bonds is 1. The van der Waals surface area contributed by atoms with Crippen LogP contribution < -0.4 is 10.9 Å². The summed E-state index contributed by atoms with van der Waals surface area (Å²) in [4.78, 5) is 0. The lowest BCUT2D eigenvalue weighted by atomic mass is 9.99. The highest BCUT2D eigenvalue weighted by atomic mass is 19.4. The zero-order chi connectivity index (χ0) is 14.3. The minimum Gasteiger partial charge on any atom is -0.489 e. The molecule has 21 heavy (non-hydrogen) atoms. The van der Waals surface area contributed by atoms with Gasteiger partial charge in [0, 0.05) is 12.0 Å². The predicted octanol–water partition coefficient (Wildman–Crippen LogP) is 4.86. The third-order valence-corrected chi connectivity index (χ3v) is 3.45. The number of hydrogen-bond acceptors (Lipinski definition) is 2. The molecular weight excluding hydrogens is 279 g/mol. The van der Waals surface area contributed by atoms with Crippen molar-refractivity contribution in [1.29, 1.82) is 0 Å². The Labute approximate surface area is 121 Å². The molecule has 1 unspecified atom stereocenters. The first kappa shape index (κ1) is 15.4. The lowest BCUT2D eigenvalue weighted by Gasteiger charge is -2.11. The van der Waals surface area contributed by atoms with Gasteiger partial charge in [-0.2, -0.15) is 13.2 Å². The van der Waals surface area contributed by atoms with Gasteiger partial charge in [0.1, 0.15) is 11.9 Å². The van der Waals surface area contributed by atoms with E-state index < -0.39 is 11.7 Å². The fourth-order valence-electron chi connectivity index (χ4n) is 2.50. The molecule has 2 aromatic rings. The van der Waals surface area contributed by atoms with E-state index >= 15 is 0 Å². The Hall–Kier alpha value is -2.01. The fourth-order valence-corrected chi connectivity index (χ4v) is 2.50. The number of ether oxygens (including phenoxy) is 1. The van der Waals surface area contributed by atoms with Crippen molar-refractivity contribution in [2.24, 2.45) is 0 Å². The molecule has 5 heteroatoms. The largest absolute Gasteiger partial charge is 0.489 e. The van der Waals surface area contributed by atoms with Crippen molar-refractivity contribution < 1.29 is 17.9 Å². The zero-order valence-corrected chi connectivity index (χ0v) is 11.6. The van der Waals surface area contributed by atoms with Crippen LogP contribution >= 0.6 is 0 Å². The molecule has 0 saturated heterocycles. The zero-order valence-electron chi connectivity index (χ0n) is 11.6. The minimum atomic E-state index is -4.30. The molecule has 0 amide bonds. The maximum absolute atomic E-state index is 12.6. The van der Waals surface area contributed by atoms with Crippen molar-refractivity contribution >= 4 is 0 Å². The van der Waals surface area contributed by atoms with Gasteiger partial charge in [-0.05, 0) is 30.2 Å². The lowest BCUT2D eigenvalue weighted by molar-refractivity contribution is -0.137. The summed E-state index contributed by atoms with van der Waals surface area (Å²) in [6.07, 6.45) is -3.35. The van der Waals surface area contributed by atoms with Crippen LogP contribution in [0.3, 0.4) is 0 Å². The normalized spacial score (nSPS) is 16.9. The molecule has 0 saturated carbocycles. The molecule has 112 valence electrons. The molecule has 1 aliphatic rings. The van der Waals surface area contributed by atoms with E-state index in [-0.39, 0.29) is 12.3 Å². The van der Waals surface area contributed by atoms with E-state index in [9.17, 15) is 13.2 Å². The Morgan fingerprint density at radius 2 is 1.71 bits per heavy atom. The van der Waals surface area contributed by atoms with Crippen LogP contribution in [0.5, 0.6) is 5.75 Å². The fraction of sp³-hybridized carbons (Fsp3) is 0.250. The summed E-state index contributed by atoms with van der Waals surface area (Å²) < 4.78 is 43.5. The second-order valence-electron chi connectivity index (χ2n) is 5.00. The number of hydrogen-bond donors (Lipinski definition) is 1. The van der Waals surface area contributed by atoms with Gasteiger partial charge in [-0.25, -0.2) is 0 Å². The SMILES string of the molecule is CC1Cc2cccc(-c3ccc(C(F)(F)F)cc3)c2O1.N. The molecule has 1 atom stereocenters. The van der Waals surface area contributed by atoms with Crippen LogP contribution in [0.15, 0.2) is 42.5 Å². The Kier molecular flexibility index (Phi) is 3.96. The number of halogens is 3. The Morgan fingerprint density at radius 1 is 1.05 bits per heavy atom. The Morgan fingerprint density at radius 3 is 2.33 bits per heavy atom. The van der Waals surface area contributed by atoms with Crippen LogP contribution in [0.2, 0.25) is 0 Å². The molecular formula is C16H16F3NO. The number of alkyl halides is 3. The average molecular weight is 295 g/mol. The molecule has 0 radical (unpaired) electrons. The van der Waals surface area contributed by atoms with Crippen molar-refractivity contribution in [2.45, 2.75) is 25.6 Å². The quantitative estimate of drug-likeness (QED) is 0.816. The van der Waals surface area contributed by atoms with Crippen LogP contribution in [-0.4, -0.2) is 6.10 Å². The second kappa shape index (κ2) is 5.41. The van der Waals surface area contributed by atoms with Crippen LogP contribution in [0.25, 0.3) is 11.1 Å². The standard InChI is InChI=1S/C16H13F3O.H3N/c1-10-9-12-3-2-4-14(15(12)20-10)11-5-7-13(8-6-11)16(17,18)19;/h2-8,10H,9H2,1H3;1H3. The number of fused-ring (bicyclic) bond motifs is 1. The van der Waals surface area contributed by atoms with E-state index in [0.29, 0.717) is 0 Å². The third-order valence-electron chi connectivity index (χ3n) is 3.45. The molecule has 2 nitrogen and oxygen atoms in total. The highest BCUT2D eigenvalue weighted by molar-refractivity contribution is 5.73. The van der Waals surface area contributed by atoms with E-state index in [0.717, 1.165) is 41.0 Å². The van der Waals surface area contributed by atoms with Crippen LogP contribution in [0.1, 0.15) is 18.1 Å². The van der Waals surface area contributed by atoms with E-state index in [2.05, 4.69) is 0 Å². The van der Waals surface area contributed by atoms with Gasteiger partial charge in [-0.1, -0.05) is 30.3 Å². The molecule has 2 aromatic carbocycles. The lowest BCUT2D eigenvalue weighted by Crippen LogP contribution is -2.05. The molecule has 1 heterocycles. The predicted molar refractivity (Wildman–Crippen MR) is 75.7 cm³/mol. The van der Waals surface area contributed by atoms with E-state index in [4.69, 9.17) is 4.74 Å². The molecule has 0 spiro atoms. The van der Waals surface area contributed by atoms with Gasteiger partial charge in [0.25, 0.3) is 0 Å². The Bertz CT molecular complexity index is 635. The molecule has 0 fully saturated rings. The first-order chi connectivity index (χ1) is 9.45. The first-order valence-corrected chi connectivity index (χ1v) is 6.41. The van der Waals surface area contributed by atoms with Gasteiger partial charge in [0.2, 0.25) is 0 Å². The highest BCUT2D eigenvalue weighted by Gasteiger charge is 2.30. The van der Waals surface area contributed by atoms with Crippen LogP contribution in [0.4, 0.5) is 13.2 Å². The van der Waals surface area contributed by atoms with E-state index in [1.165, 1.54) is 12.1 Å². The van der Waals surface area contributed by atoms with Crippen molar-refractivity contribution in [3.8, 4) is 16.9 Å². The van der Waals surface area contributed by atoms with Gasteiger partial charge >= 0.3 is 6.18 Å². The number of para-hydroxylation sites is 1. The van der Waals surface area contributed by atoms with Crippen LogP contribution in [0, 0.1) is 0 Å². The van der Waals surface area contributed by atoms with Crippen molar-refractivity contribution in [3.63, 3.8) is 0 Å². The van der Waals surface area contributed by atoms with Crippen molar-refractivity contribution in [2.75, 3.05) is 0 Å². The van der Waals surface area contributed by atoms with Crippen molar-refractivity contribution in [3.05, 3.63) is 53.6 Å². The van der Waals surface area contributed by atoms with Gasteiger partial charge in [0.15, 0.2) is 0 Å². The summed E-state index contributed by atoms with van der Waals surface area (Å²) in [5, 5.41) is 0. The highest BCUT2D eigenvalue weighted by Crippen LogP contribution is 2.39. The average Bonchev–Trinajstić information content (AvgIpc) is 2.78. The topological polar surface area (TPSA) is 44.2 Å². The molecule has 0 aliphatic carbocycles. The molecule has 0 bridgehead atoms.